The Morgan fingerprint density at radius 2 is 1.56 bits per heavy atom. The predicted molar refractivity (Wildman–Crippen MR) is 65.5 cm³/mol. The van der Waals surface area contributed by atoms with E-state index in [1.54, 1.807) is 12.9 Å². The number of ketones is 1. The van der Waals surface area contributed by atoms with Gasteiger partial charge in [0.05, 0.1) is 5.57 Å². The molecule has 0 aliphatic heterocycles. The van der Waals surface area contributed by atoms with Gasteiger partial charge in [0.1, 0.15) is 16.8 Å². The first-order valence-electron chi connectivity index (χ1n) is 5.39. The van der Waals surface area contributed by atoms with E-state index in [-0.39, 0.29) is 22.7 Å². The molecule has 1 rings (SSSR count). The van der Waals surface area contributed by atoms with Crippen LogP contribution in [0.4, 0.5) is 0 Å². The van der Waals surface area contributed by atoms with E-state index in [0.717, 1.165) is 0 Å². The van der Waals surface area contributed by atoms with Gasteiger partial charge in [0.15, 0.2) is 5.78 Å². The van der Waals surface area contributed by atoms with Crippen LogP contribution in [0.5, 0.6) is 0 Å². The summed E-state index contributed by atoms with van der Waals surface area (Å²) in [5, 5.41) is -0.876. The van der Waals surface area contributed by atoms with Gasteiger partial charge in [-0.25, -0.2) is 9.59 Å². The molecule has 0 aromatic heterocycles. The van der Waals surface area contributed by atoms with Gasteiger partial charge in [-0.2, -0.15) is 0 Å². The first kappa shape index (κ1) is 13.2. The van der Waals surface area contributed by atoms with E-state index < -0.39 is 12.0 Å². The molecule has 0 heterocycles. The van der Waals surface area contributed by atoms with Gasteiger partial charge in [0.25, 0.3) is 0 Å². The van der Waals surface area contributed by atoms with Gasteiger partial charge in [-0.15, -0.1) is 0 Å². The summed E-state index contributed by atoms with van der Waals surface area (Å²) in [6.07, 6.45) is 0. The maximum Gasteiger partial charge on any atom is 0.187 e. The zero-order chi connectivity index (χ0) is 12.7. The quantitative estimate of drug-likeness (QED) is 0.430. The zero-order valence-electron chi connectivity index (χ0n) is 10.3. The Morgan fingerprint density at radius 3 is 1.75 bits per heavy atom. The van der Waals surface area contributed by atoms with Crippen LogP contribution >= 0.6 is 6.89 Å². The number of rotatable bonds is 3. The fourth-order valence-electron chi connectivity index (χ4n) is 2.77. The third kappa shape index (κ3) is 1.26. The highest BCUT2D eigenvalue weighted by Gasteiger charge is 2.67. The van der Waals surface area contributed by atoms with Crippen molar-refractivity contribution in [3.05, 3.63) is 5.57 Å². The third-order valence-electron chi connectivity index (χ3n) is 3.72. The van der Waals surface area contributed by atoms with Crippen molar-refractivity contribution in [1.82, 2.24) is 0 Å². The molecule has 4 heteroatoms. The van der Waals surface area contributed by atoms with Crippen LogP contribution in [0, 0.1) is 0 Å². The topological polar surface area (TPSA) is 51.2 Å². The van der Waals surface area contributed by atoms with Crippen molar-refractivity contribution < 1.29 is 14.4 Å². The number of hydrogen-bond acceptors (Lipinski definition) is 3. The fourth-order valence-corrected chi connectivity index (χ4v) is 7.54. The fraction of sp³-hybridized carbons (Fsp3) is 0.667. The molecular weight excluding hydrogens is 223 g/mol. The molecule has 1 unspecified atom stereocenters. The summed E-state index contributed by atoms with van der Waals surface area (Å²) in [4.78, 5) is 33.9. The van der Waals surface area contributed by atoms with Crippen molar-refractivity contribution in [2.75, 3.05) is 0 Å². The van der Waals surface area contributed by atoms with E-state index in [9.17, 15) is 14.4 Å². The normalized spacial score (nSPS) is 24.7. The molecule has 1 saturated carbocycles. The second kappa shape index (κ2) is 3.86. The first-order chi connectivity index (χ1) is 7.30. The van der Waals surface area contributed by atoms with Gasteiger partial charge < -0.3 is 0 Å². The van der Waals surface area contributed by atoms with E-state index >= 15 is 0 Å². The Kier molecular flexibility index (Phi) is 3.18. The molecule has 0 saturated heterocycles. The number of carbonyl (C=O) groups excluding carboxylic acids is 3. The number of hydrogen-bond donors (Lipinski definition) is 0. The molecule has 1 aliphatic rings. The Hall–Kier alpha value is -0.870. The summed E-state index contributed by atoms with van der Waals surface area (Å²) in [7, 11) is 0. The molecule has 0 N–H and O–H groups in total. The highest BCUT2D eigenvalue weighted by atomic mass is 31.2. The number of carbonyl (C=O) groups is 1. The SMILES string of the molecule is CC(C)P(=C=O)(C(C)C)C1(C)C(=O)C1=C=O. The van der Waals surface area contributed by atoms with E-state index in [0.29, 0.717) is 0 Å². The Morgan fingerprint density at radius 1 is 1.12 bits per heavy atom. The highest BCUT2D eigenvalue weighted by molar-refractivity contribution is 7.79. The average Bonchev–Trinajstić information content (AvgIpc) is 2.70. The third-order valence-corrected chi connectivity index (χ3v) is 9.18. The van der Waals surface area contributed by atoms with Crippen molar-refractivity contribution in [2.45, 2.75) is 51.1 Å². The van der Waals surface area contributed by atoms with Crippen molar-refractivity contribution in [2.24, 2.45) is 0 Å². The molecule has 0 bridgehead atoms. The van der Waals surface area contributed by atoms with Crippen LogP contribution in [-0.4, -0.2) is 33.9 Å². The van der Waals surface area contributed by atoms with Crippen LogP contribution in [-0.2, 0) is 14.4 Å². The molecule has 0 aromatic rings. The molecule has 16 heavy (non-hydrogen) atoms. The van der Waals surface area contributed by atoms with Crippen molar-refractivity contribution in [3.8, 4) is 0 Å². The largest absolute Gasteiger partial charge is 0.292 e. The molecule has 0 amide bonds. The number of Topliss-reactive ketones (excluding diaryl/α,β-unsaturated/α-hetero) is 1. The maximum atomic E-state index is 11.7. The Bertz CT molecular complexity index is 451. The van der Waals surface area contributed by atoms with E-state index in [4.69, 9.17) is 0 Å². The smallest absolute Gasteiger partial charge is 0.187 e. The minimum atomic E-state index is -2.28. The molecule has 1 fully saturated rings. The average molecular weight is 240 g/mol. The van der Waals surface area contributed by atoms with Gasteiger partial charge in [-0.1, -0.05) is 27.7 Å². The van der Waals surface area contributed by atoms with Gasteiger partial charge in [0, 0.05) is 6.89 Å². The van der Waals surface area contributed by atoms with E-state index in [1.165, 1.54) is 0 Å². The monoisotopic (exact) mass is 240 g/mol. The summed E-state index contributed by atoms with van der Waals surface area (Å²) in [5.74, 6) is 1.49. The lowest BCUT2D eigenvalue weighted by molar-refractivity contribution is -0.109. The second-order valence-corrected chi connectivity index (χ2v) is 9.63. The lowest BCUT2D eigenvalue weighted by Gasteiger charge is -2.33. The molecule has 1 atom stereocenters. The molecule has 1 aliphatic carbocycles. The molecule has 0 aromatic carbocycles. The summed E-state index contributed by atoms with van der Waals surface area (Å²) >= 11 is 0. The minimum absolute atomic E-state index is 0.0600. The molecule has 0 spiro atoms. The zero-order valence-corrected chi connectivity index (χ0v) is 11.2. The number of allylic oxidation sites excluding steroid dienone is 1. The van der Waals surface area contributed by atoms with Crippen LogP contribution in [0.1, 0.15) is 34.6 Å². The first-order valence-corrected chi connectivity index (χ1v) is 7.31. The standard InChI is InChI=1S/C12H17O3P/c1-8(2)16(7-14,9(3)4)12(5)10(6-13)11(12)15/h8-9H,1-5H3. The summed E-state index contributed by atoms with van der Waals surface area (Å²) in [5.41, 5.74) is 2.43. The van der Waals surface area contributed by atoms with Crippen LogP contribution in [0.3, 0.4) is 0 Å². The van der Waals surface area contributed by atoms with E-state index in [2.05, 4.69) is 5.66 Å². The minimum Gasteiger partial charge on any atom is -0.292 e. The van der Waals surface area contributed by atoms with E-state index in [1.807, 2.05) is 27.7 Å². The van der Waals surface area contributed by atoms with Crippen LogP contribution in [0.25, 0.3) is 0 Å². The van der Waals surface area contributed by atoms with Crippen molar-refractivity contribution in [1.29, 1.82) is 0 Å². The maximum absolute atomic E-state index is 11.7. The van der Waals surface area contributed by atoms with Crippen LogP contribution < -0.4 is 0 Å². The highest BCUT2D eigenvalue weighted by Crippen LogP contribution is 2.74. The van der Waals surface area contributed by atoms with Gasteiger partial charge in [0.2, 0.25) is 0 Å². The summed E-state index contributed by atoms with van der Waals surface area (Å²) in [6, 6.07) is 0. The van der Waals surface area contributed by atoms with Gasteiger partial charge in [-0.05, 0) is 18.2 Å². The van der Waals surface area contributed by atoms with Gasteiger partial charge >= 0.3 is 0 Å². The second-order valence-electron chi connectivity index (χ2n) is 4.93. The predicted octanol–water partition coefficient (Wildman–Crippen LogP) is 1.99. The lowest BCUT2D eigenvalue weighted by Crippen LogP contribution is -2.23. The van der Waals surface area contributed by atoms with Gasteiger partial charge in [-0.3, -0.25) is 4.79 Å². The van der Waals surface area contributed by atoms with Crippen molar-refractivity contribution in [3.63, 3.8) is 0 Å². The van der Waals surface area contributed by atoms with Crippen molar-refractivity contribution >= 4 is 24.3 Å². The molecule has 88 valence electrons. The molecule has 3 nitrogen and oxygen atoms in total. The summed E-state index contributed by atoms with van der Waals surface area (Å²) < 4.78 is 0. The lowest BCUT2D eigenvalue weighted by atomic mass is 10.4. The molecule has 0 radical (unpaired) electrons. The molecular formula is C12H17O3P. The Labute approximate surface area is 95.9 Å². The summed E-state index contributed by atoms with van der Waals surface area (Å²) in [6.45, 7) is 7.14. The van der Waals surface area contributed by atoms with Crippen LogP contribution in [0.15, 0.2) is 5.57 Å². The van der Waals surface area contributed by atoms with Crippen LogP contribution in [0.2, 0.25) is 0 Å². The Balaban J connectivity index is 3.56.